The minimum Gasteiger partial charge on any atom is -0.494 e. The molecule has 5 heteroatoms. The summed E-state index contributed by atoms with van der Waals surface area (Å²) in [5.41, 5.74) is 2.10. The van der Waals surface area contributed by atoms with E-state index in [2.05, 4.69) is 4.90 Å². The van der Waals surface area contributed by atoms with Gasteiger partial charge in [-0.1, -0.05) is 24.3 Å². The third-order valence-corrected chi connectivity index (χ3v) is 4.63. The van der Waals surface area contributed by atoms with Gasteiger partial charge in [-0.25, -0.2) is 4.39 Å². The zero-order valence-corrected chi connectivity index (χ0v) is 15.2. The first-order valence-corrected chi connectivity index (χ1v) is 9.10. The number of rotatable bonds is 6. The van der Waals surface area contributed by atoms with Crippen molar-refractivity contribution in [2.75, 3.05) is 32.8 Å². The van der Waals surface area contributed by atoms with Gasteiger partial charge < -0.3 is 9.64 Å². The Morgan fingerprint density at radius 3 is 2.19 bits per heavy atom. The van der Waals surface area contributed by atoms with E-state index in [1.165, 1.54) is 12.1 Å². The standard InChI is InChI=1S/C21H25FN2O2/c1-2-26-20-9-5-17(6-10-20)15-21(25)24-13-11-23(12-14-24)16-18-3-7-19(22)8-4-18/h3-10H,2,11-16H2,1H3. The molecule has 2 aromatic rings. The van der Waals surface area contributed by atoms with Crippen LogP contribution in [0.2, 0.25) is 0 Å². The molecule has 0 saturated carbocycles. The molecule has 1 fully saturated rings. The van der Waals surface area contributed by atoms with Gasteiger partial charge in [0.15, 0.2) is 0 Å². The average Bonchev–Trinajstić information content (AvgIpc) is 2.66. The van der Waals surface area contributed by atoms with Gasteiger partial charge >= 0.3 is 0 Å². The Bertz CT molecular complexity index is 708. The Labute approximate surface area is 154 Å². The molecule has 1 amide bonds. The van der Waals surface area contributed by atoms with Gasteiger partial charge in [-0.15, -0.1) is 0 Å². The Morgan fingerprint density at radius 1 is 0.962 bits per heavy atom. The predicted octanol–water partition coefficient (Wildman–Crippen LogP) is 3.11. The molecule has 0 atom stereocenters. The van der Waals surface area contributed by atoms with Crippen molar-refractivity contribution < 1.29 is 13.9 Å². The number of ether oxygens (including phenoxy) is 1. The molecule has 0 spiro atoms. The van der Waals surface area contributed by atoms with Gasteiger partial charge in [-0.2, -0.15) is 0 Å². The maximum absolute atomic E-state index is 13.0. The Balaban J connectivity index is 1.46. The fourth-order valence-corrected chi connectivity index (χ4v) is 3.16. The quantitative estimate of drug-likeness (QED) is 0.797. The molecule has 0 N–H and O–H groups in total. The van der Waals surface area contributed by atoms with Crippen molar-refractivity contribution in [3.63, 3.8) is 0 Å². The van der Waals surface area contributed by atoms with Crippen LogP contribution in [-0.4, -0.2) is 48.5 Å². The number of nitrogens with zero attached hydrogens (tertiary/aromatic N) is 2. The predicted molar refractivity (Wildman–Crippen MR) is 99.6 cm³/mol. The first-order valence-electron chi connectivity index (χ1n) is 9.10. The minimum absolute atomic E-state index is 0.163. The van der Waals surface area contributed by atoms with Crippen molar-refractivity contribution in [3.8, 4) is 5.75 Å². The van der Waals surface area contributed by atoms with Crippen LogP contribution >= 0.6 is 0 Å². The molecule has 1 aliphatic rings. The maximum Gasteiger partial charge on any atom is 0.227 e. The number of benzene rings is 2. The first kappa shape index (κ1) is 18.4. The lowest BCUT2D eigenvalue weighted by atomic mass is 10.1. The fraction of sp³-hybridized carbons (Fsp3) is 0.381. The van der Waals surface area contributed by atoms with Crippen molar-refractivity contribution in [3.05, 3.63) is 65.5 Å². The third-order valence-electron chi connectivity index (χ3n) is 4.63. The van der Waals surface area contributed by atoms with Crippen molar-refractivity contribution in [2.24, 2.45) is 0 Å². The summed E-state index contributed by atoms with van der Waals surface area (Å²) in [6.45, 7) is 6.53. The Hall–Kier alpha value is -2.40. The molecule has 0 bridgehead atoms. The van der Waals surface area contributed by atoms with Gasteiger partial charge in [0.1, 0.15) is 11.6 Å². The largest absolute Gasteiger partial charge is 0.494 e. The number of piperazine rings is 1. The van der Waals surface area contributed by atoms with E-state index in [1.54, 1.807) is 0 Å². The van der Waals surface area contributed by atoms with E-state index >= 15 is 0 Å². The summed E-state index contributed by atoms with van der Waals surface area (Å²) in [4.78, 5) is 16.7. The fourth-order valence-electron chi connectivity index (χ4n) is 3.16. The second kappa shape index (κ2) is 8.81. The minimum atomic E-state index is -0.210. The van der Waals surface area contributed by atoms with Crippen LogP contribution in [0.4, 0.5) is 4.39 Å². The number of hydrogen-bond donors (Lipinski definition) is 0. The van der Waals surface area contributed by atoms with E-state index in [9.17, 15) is 9.18 Å². The lowest BCUT2D eigenvalue weighted by Gasteiger charge is -2.34. The molecule has 0 aromatic heterocycles. The normalized spacial score (nSPS) is 15.1. The van der Waals surface area contributed by atoms with Crippen LogP contribution in [0.25, 0.3) is 0 Å². The molecule has 3 rings (SSSR count). The van der Waals surface area contributed by atoms with Gasteiger partial charge in [-0.05, 0) is 42.3 Å². The highest BCUT2D eigenvalue weighted by Crippen LogP contribution is 2.14. The van der Waals surface area contributed by atoms with Crippen LogP contribution in [0, 0.1) is 5.82 Å². The smallest absolute Gasteiger partial charge is 0.227 e. The van der Waals surface area contributed by atoms with E-state index in [-0.39, 0.29) is 11.7 Å². The van der Waals surface area contributed by atoms with E-state index < -0.39 is 0 Å². The molecule has 2 aromatic carbocycles. The van der Waals surface area contributed by atoms with Gasteiger partial charge in [0.2, 0.25) is 5.91 Å². The first-order chi connectivity index (χ1) is 12.6. The van der Waals surface area contributed by atoms with Crippen molar-refractivity contribution in [2.45, 2.75) is 19.9 Å². The highest BCUT2D eigenvalue weighted by Gasteiger charge is 2.21. The summed E-state index contributed by atoms with van der Waals surface area (Å²) >= 11 is 0. The Kier molecular flexibility index (Phi) is 6.23. The molecule has 4 nitrogen and oxygen atoms in total. The molecular weight excluding hydrogens is 331 g/mol. The number of carbonyl (C=O) groups excluding carboxylic acids is 1. The molecule has 1 saturated heterocycles. The average molecular weight is 356 g/mol. The number of amides is 1. The molecule has 138 valence electrons. The topological polar surface area (TPSA) is 32.8 Å². The van der Waals surface area contributed by atoms with Crippen LogP contribution in [0.3, 0.4) is 0 Å². The van der Waals surface area contributed by atoms with Crippen LogP contribution in [0.1, 0.15) is 18.1 Å². The molecular formula is C21H25FN2O2. The van der Waals surface area contributed by atoms with Crippen molar-refractivity contribution >= 4 is 5.91 Å². The summed E-state index contributed by atoms with van der Waals surface area (Å²) in [6.07, 6.45) is 0.421. The van der Waals surface area contributed by atoms with E-state index in [1.807, 2.05) is 48.2 Å². The zero-order chi connectivity index (χ0) is 18.4. The highest BCUT2D eigenvalue weighted by molar-refractivity contribution is 5.79. The summed E-state index contributed by atoms with van der Waals surface area (Å²) in [5, 5.41) is 0. The highest BCUT2D eigenvalue weighted by atomic mass is 19.1. The van der Waals surface area contributed by atoms with Crippen molar-refractivity contribution in [1.29, 1.82) is 0 Å². The molecule has 0 aliphatic carbocycles. The summed E-state index contributed by atoms with van der Waals surface area (Å²) in [7, 11) is 0. The van der Waals surface area contributed by atoms with Crippen molar-refractivity contribution in [1.82, 2.24) is 9.80 Å². The van der Waals surface area contributed by atoms with Gasteiger partial charge in [0, 0.05) is 32.7 Å². The Morgan fingerprint density at radius 2 is 1.58 bits per heavy atom. The molecule has 1 heterocycles. The van der Waals surface area contributed by atoms with E-state index in [0.717, 1.165) is 49.6 Å². The van der Waals surface area contributed by atoms with E-state index in [4.69, 9.17) is 4.74 Å². The third kappa shape index (κ3) is 5.05. The monoisotopic (exact) mass is 356 g/mol. The molecule has 1 aliphatic heterocycles. The summed E-state index contributed by atoms with van der Waals surface area (Å²) in [6, 6.07) is 14.3. The van der Waals surface area contributed by atoms with Gasteiger partial charge in [-0.3, -0.25) is 9.69 Å². The molecule has 0 unspecified atom stereocenters. The lowest BCUT2D eigenvalue weighted by molar-refractivity contribution is -0.132. The van der Waals surface area contributed by atoms with Gasteiger partial charge in [0.25, 0.3) is 0 Å². The number of hydrogen-bond acceptors (Lipinski definition) is 3. The summed E-state index contributed by atoms with van der Waals surface area (Å²) < 4.78 is 18.4. The van der Waals surface area contributed by atoms with Crippen LogP contribution < -0.4 is 4.74 Å². The number of halogens is 1. The summed E-state index contributed by atoms with van der Waals surface area (Å²) in [5.74, 6) is 0.784. The SMILES string of the molecule is CCOc1ccc(CC(=O)N2CCN(Cc3ccc(F)cc3)CC2)cc1. The zero-order valence-electron chi connectivity index (χ0n) is 15.2. The van der Waals surface area contributed by atoms with Crippen LogP contribution in [-0.2, 0) is 17.8 Å². The van der Waals surface area contributed by atoms with Crippen LogP contribution in [0.15, 0.2) is 48.5 Å². The van der Waals surface area contributed by atoms with Gasteiger partial charge in [0.05, 0.1) is 13.0 Å². The second-order valence-electron chi connectivity index (χ2n) is 6.54. The number of carbonyl (C=O) groups is 1. The lowest BCUT2D eigenvalue weighted by Crippen LogP contribution is -2.48. The van der Waals surface area contributed by atoms with E-state index in [0.29, 0.717) is 13.0 Å². The molecule has 26 heavy (non-hydrogen) atoms. The van der Waals surface area contributed by atoms with Crippen LogP contribution in [0.5, 0.6) is 5.75 Å². The second-order valence-corrected chi connectivity index (χ2v) is 6.54. The molecule has 0 radical (unpaired) electrons. The maximum atomic E-state index is 13.0.